The van der Waals surface area contributed by atoms with Crippen LogP contribution >= 0.6 is 0 Å². The first kappa shape index (κ1) is 13.9. The Hall–Kier alpha value is -2.56. The van der Waals surface area contributed by atoms with Gasteiger partial charge in [0, 0.05) is 29.8 Å². The van der Waals surface area contributed by atoms with Gasteiger partial charge < -0.3 is 16.2 Å². The average Bonchev–Trinajstić information content (AvgIpc) is 2.43. The number of hydrogen-bond acceptors (Lipinski definition) is 4. The van der Waals surface area contributed by atoms with E-state index in [1.54, 1.807) is 25.4 Å². The number of aromatic carboxylic acids is 1. The van der Waals surface area contributed by atoms with Crippen molar-refractivity contribution < 1.29 is 9.90 Å². The zero-order chi connectivity index (χ0) is 14.7. The number of anilines is 2. The first-order valence-corrected chi connectivity index (χ1v) is 6.29. The number of aromatic nitrogens is 1. The van der Waals surface area contributed by atoms with Crippen molar-refractivity contribution in [3.63, 3.8) is 0 Å². The van der Waals surface area contributed by atoms with Gasteiger partial charge in [-0.25, -0.2) is 4.79 Å². The van der Waals surface area contributed by atoms with Crippen molar-refractivity contribution >= 4 is 17.3 Å². The Morgan fingerprint density at radius 3 is 2.60 bits per heavy atom. The zero-order valence-corrected chi connectivity index (χ0v) is 11.4. The third-order valence-electron chi connectivity index (χ3n) is 3.21. The molecule has 0 aliphatic carbocycles. The number of carboxylic acids is 1. The summed E-state index contributed by atoms with van der Waals surface area (Å²) in [6.07, 6.45) is 3.45. The Morgan fingerprint density at radius 1 is 1.35 bits per heavy atom. The van der Waals surface area contributed by atoms with Gasteiger partial charge in [-0.2, -0.15) is 0 Å². The van der Waals surface area contributed by atoms with Gasteiger partial charge in [0.05, 0.1) is 5.56 Å². The van der Waals surface area contributed by atoms with Gasteiger partial charge in [-0.1, -0.05) is 0 Å². The van der Waals surface area contributed by atoms with Crippen LogP contribution < -0.4 is 11.1 Å². The number of pyridine rings is 1. The summed E-state index contributed by atoms with van der Waals surface area (Å²) in [6, 6.07) is 7.28. The minimum Gasteiger partial charge on any atom is -0.478 e. The van der Waals surface area contributed by atoms with Crippen LogP contribution in [0.2, 0.25) is 0 Å². The molecule has 0 aliphatic heterocycles. The van der Waals surface area contributed by atoms with Crippen LogP contribution in [-0.4, -0.2) is 16.1 Å². The highest BCUT2D eigenvalue weighted by Gasteiger charge is 2.13. The highest BCUT2D eigenvalue weighted by molar-refractivity contribution is 5.95. The van der Waals surface area contributed by atoms with E-state index in [-0.39, 0.29) is 11.6 Å². The van der Waals surface area contributed by atoms with E-state index in [1.807, 2.05) is 25.1 Å². The molecule has 4 N–H and O–H groups in total. The molecule has 5 nitrogen and oxygen atoms in total. The average molecular weight is 271 g/mol. The van der Waals surface area contributed by atoms with Crippen LogP contribution in [0.5, 0.6) is 0 Å². The third-order valence-corrected chi connectivity index (χ3v) is 3.21. The topological polar surface area (TPSA) is 88.2 Å². The quantitative estimate of drug-likeness (QED) is 0.744. The van der Waals surface area contributed by atoms with E-state index in [4.69, 9.17) is 10.8 Å². The van der Waals surface area contributed by atoms with Crippen molar-refractivity contribution in [1.82, 2.24) is 4.98 Å². The van der Waals surface area contributed by atoms with E-state index in [0.29, 0.717) is 5.69 Å². The molecule has 2 rings (SSSR count). The van der Waals surface area contributed by atoms with E-state index in [9.17, 15) is 4.79 Å². The lowest BCUT2D eigenvalue weighted by molar-refractivity contribution is 0.0698. The molecule has 1 heterocycles. The maximum atomic E-state index is 11.2. The largest absolute Gasteiger partial charge is 0.478 e. The summed E-state index contributed by atoms with van der Waals surface area (Å²) in [5, 5.41) is 12.4. The molecule has 0 spiro atoms. The first-order valence-electron chi connectivity index (χ1n) is 6.29. The molecule has 1 aromatic heterocycles. The molecule has 0 amide bonds. The van der Waals surface area contributed by atoms with Crippen molar-refractivity contribution in [3.8, 4) is 0 Å². The Morgan fingerprint density at radius 2 is 2.00 bits per heavy atom. The molecule has 2 aromatic rings. The van der Waals surface area contributed by atoms with Gasteiger partial charge in [0.15, 0.2) is 0 Å². The monoisotopic (exact) mass is 271 g/mol. The van der Waals surface area contributed by atoms with Gasteiger partial charge in [-0.3, -0.25) is 4.98 Å². The van der Waals surface area contributed by atoms with Crippen molar-refractivity contribution in [2.75, 3.05) is 11.1 Å². The number of aryl methyl sites for hydroxylation is 1. The second kappa shape index (κ2) is 5.61. The molecule has 0 bridgehead atoms. The van der Waals surface area contributed by atoms with Gasteiger partial charge in [-0.15, -0.1) is 0 Å². The number of carboxylic acid groups (broad SMARTS) is 1. The number of carbonyl (C=O) groups is 1. The standard InChI is InChI=1S/C15H17N3O2/c1-9-7-12(8-13(14(9)16)15(19)20)18-10(2)11-3-5-17-6-4-11/h3-8,10,18H,16H2,1-2H3,(H,19,20). The fourth-order valence-electron chi connectivity index (χ4n) is 2.04. The fourth-order valence-corrected chi connectivity index (χ4v) is 2.04. The Kier molecular flexibility index (Phi) is 3.89. The molecule has 1 aromatic carbocycles. The smallest absolute Gasteiger partial charge is 0.337 e. The summed E-state index contributed by atoms with van der Waals surface area (Å²) in [6.45, 7) is 3.80. The summed E-state index contributed by atoms with van der Waals surface area (Å²) in [4.78, 5) is 15.1. The van der Waals surface area contributed by atoms with Gasteiger partial charge in [0.2, 0.25) is 0 Å². The molecule has 0 fully saturated rings. The SMILES string of the molecule is Cc1cc(NC(C)c2ccncc2)cc(C(=O)O)c1N. The maximum absolute atomic E-state index is 11.2. The number of nitrogens with one attached hydrogen (secondary N) is 1. The maximum Gasteiger partial charge on any atom is 0.337 e. The number of nitrogen functional groups attached to an aromatic ring is 1. The van der Waals surface area contributed by atoms with Crippen LogP contribution in [-0.2, 0) is 0 Å². The Balaban J connectivity index is 2.28. The second-order valence-electron chi connectivity index (χ2n) is 4.71. The van der Waals surface area contributed by atoms with Crippen molar-refractivity contribution in [2.24, 2.45) is 0 Å². The summed E-state index contributed by atoms with van der Waals surface area (Å²) in [7, 11) is 0. The first-order chi connectivity index (χ1) is 9.49. The van der Waals surface area contributed by atoms with E-state index >= 15 is 0 Å². The lowest BCUT2D eigenvalue weighted by Gasteiger charge is -2.17. The van der Waals surface area contributed by atoms with E-state index in [0.717, 1.165) is 16.8 Å². The summed E-state index contributed by atoms with van der Waals surface area (Å²) < 4.78 is 0. The van der Waals surface area contributed by atoms with Crippen LogP contribution in [0.25, 0.3) is 0 Å². The zero-order valence-electron chi connectivity index (χ0n) is 11.4. The number of rotatable bonds is 4. The molecule has 20 heavy (non-hydrogen) atoms. The fraction of sp³-hybridized carbons (Fsp3) is 0.200. The molecule has 1 unspecified atom stereocenters. The normalized spacial score (nSPS) is 11.9. The highest BCUT2D eigenvalue weighted by Crippen LogP contribution is 2.25. The number of hydrogen-bond donors (Lipinski definition) is 3. The van der Waals surface area contributed by atoms with Crippen LogP contribution in [0.3, 0.4) is 0 Å². The van der Waals surface area contributed by atoms with Gasteiger partial charge in [0.1, 0.15) is 0 Å². The number of benzene rings is 1. The second-order valence-corrected chi connectivity index (χ2v) is 4.71. The van der Waals surface area contributed by atoms with Crippen molar-refractivity contribution in [3.05, 3.63) is 53.3 Å². The van der Waals surface area contributed by atoms with Gasteiger partial charge in [-0.05, 0) is 49.2 Å². The predicted octanol–water partition coefficient (Wildman–Crippen LogP) is 2.84. The van der Waals surface area contributed by atoms with Crippen molar-refractivity contribution in [1.29, 1.82) is 0 Å². The van der Waals surface area contributed by atoms with Crippen LogP contribution in [0, 0.1) is 6.92 Å². The lowest BCUT2D eigenvalue weighted by Crippen LogP contribution is -2.10. The van der Waals surface area contributed by atoms with Crippen LogP contribution in [0.15, 0.2) is 36.7 Å². The van der Waals surface area contributed by atoms with Gasteiger partial charge >= 0.3 is 5.97 Å². The van der Waals surface area contributed by atoms with Gasteiger partial charge in [0.25, 0.3) is 0 Å². The predicted molar refractivity (Wildman–Crippen MR) is 78.8 cm³/mol. The van der Waals surface area contributed by atoms with E-state index in [2.05, 4.69) is 10.3 Å². The molecular formula is C15H17N3O2. The summed E-state index contributed by atoms with van der Waals surface area (Å²) >= 11 is 0. The lowest BCUT2D eigenvalue weighted by atomic mass is 10.1. The summed E-state index contributed by atoms with van der Waals surface area (Å²) in [5.74, 6) is -1.02. The van der Waals surface area contributed by atoms with Crippen LogP contribution in [0.1, 0.15) is 34.5 Å². The molecule has 0 saturated carbocycles. The molecule has 0 saturated heterocycles. The molecule has 0 aliphatic rings. The minimum atomic E-state index is -1.02. The highest BCUT2D eigenvalue weighted by atomic mass is 16.4. The Bertz CT molecular complexity index is 627. The number of nitrogens with zero attached hydrogens (tertiary/aromatic N) is 1. The minimum absolute atomic E-state index is 0.0441. The third kappa shape index (κ3) is 2.88. The Labute approximate surface area is 117 Å². The molecule has 104 valence electrons. The molecule has 1 atom stereocenters. The molecule has 0 radical (unpaired) electrons. The van der Waals surface area contributed by atoms with Crippen LogP contribution in [0.4, 0.5) is 11.4 Å². The summed E-state index contributed by atoms with van der Waals surface area (Å²) in [5.41, 5.74) is 8.76. The van der Waals surface area contributed by atoms with Crippen molar-refractivity contribution in [2.45, 2.75) is 19.9 Å². The molecule has 5 heteroatoms. The van der Waals surface area contributed by atoms with E-state index in [1.165, 1.54) is 0 Å². The molecular weight excluding hydrogens is 254 g/mol. The number of nitrogens with two attached hydrogens (primary N) is 1. The van der Waals surface area contributed by atoms with E-state index < -0.39 is 5.97 Å².